The molecule has 0 bridgehead atoms. The van der Waals surface area contributed by atoms with Crippen molar-refractivity contribution >= 4 is 17.8 Å². The fraction of sp³-hybridized carbons (Fsp3) is 0.471. The van der Waals surface area contributed by atoms with Crippen LogP contribution < -0.4 is 10.2 Å². The summed E-state index contributed by atoms with van der Waals surface area (Å²) in [7, 11) is 0. The number of nitrogens with zero attached hydrogens (tertiary/aromatic N) is 2. The number of nitrogens with one attached hydrogen (secondary N) is 1. The zero-order chi connectivity index (χ0) is 15.0. The fourth-order valence-corrected chi connectivity index (χ4v) is 3.20. The van der Waals surface area contributed by atoms with Gasteiger partial charge in [-0.1, -0.05) is 12.7 Å². The summed E-state index contributed by atoms with van der Waals surface area (Å²) in [6, 6.07) is 4.68. The third-order valence-corrected chi connectivity index (χ3v) is 4.37. The molecule has 0 atom stereocenters. The fourth-order valence-electron chi connectivity index (χ4n) is 3.20. The van der Waals surface area contributed by atoms with Crippen LogP contribution in [0.15, 0.2) is 18.7 Å². The molecule has 4 nitrogen and oxygen atoms in total. The van der Waals surface area contributed by atoms with Gasteiger partial charge < -0.3 is 10.2 Å². The van der Waals surface area contributed by atoms with Gasteiger partial charge in [0.2, 0.25) is 0 Å². The first-order valence-electron chi connectivity index (χ1n) is 7.69. The molecule has 0 aliphatic carbocycles. The van der Waals surface area contributed by atoms with Crippen molar-refractivity contribution in [2.75, 3.05) is 18.0 Å². The molecule has 2 heterocycles. The minimum Gasteiger partial charge on any atom is -0.322 e. The predicted molar refractivity (Wildman–Crippen MR) is 86.3 cm³/mol. The third-order valence-electron chi connectivity index (χ3n) is 4.37. The zero-order valence-electron chi connectivity index (χ0n) is 12.9. The van der Waals surface area contributed by atoms with Crippen molar-refractivity contribution in [2.24, 2.45) is 0 Å². The first-order valence-corrected chi connectivity index (χ1v) is 7.69. The minimum atomic E-state index is 0.116. The van der Waals surface area contributed by atoms with Crippen molar-refractivity contribution in [1.82, 2.24) is 10.2 Å². The molecule has 0 saturated carbocycles. The Balaban J connectivity index is 1.99. The Morgan fingerprint density at radius 1 is 1.24 bits per heavy atom. The molecule has 2 amide bonds. The monoisotopic (exact) mass is 285 g/mol. The van der Waals surface area contributed by atoms with Crippen molar-refractivity contribution in [3.63, 3.8) is 0 Å². The Hall–Kier alpha value is -1.81. The van der Waals surface area contributed by atoms with Crippen LogP contribution in [0.3, 0.4) is 0 Å². The van der Waals surface area contributed by atoms with Crippen LogP contribution in [-0.2, 0) is 13.1 Å². The number of benzene rings is 1. The van der Waals surface area contributed by atoms with Gasteiger partial charge in [0, 0.05) is 32.2 Å². The highest BCUT2D eigenvalue weighted by Gasteiger charge is 2.30. The van der Waals surface area contributed by atoms with Crippen LogP contribution in [0.1, 0.15) is 37.0 Å². The topological polar surface area (TPSA) is 35.6 Å². The number of hydrogen-bond donors (Lipinski definition) is 1. The van der Waals surface area contributed by atoms with Gasteiger partial charge >= 0.3 is 6.03 Å². The van der Waals surface area contributed by atoms with E-state index >= 15 is 0 Å². The second-order valence-electron chi connectivity index (χ2n) is 6.06. The summed E-state index contributed by atoms with van der Waals surface area (Å²) in [5.74, 6) is 0. The average molecular weight is 285 g/mol. The SMILES string of the molecule is C=Cc1cc2c(cc1N1CCCN(C(C)C)C1=O)CNC2. The van der Waals surface area contributed by atoms with E-state index in [0.717, 1.165) is 43.9 Å². The largest absolute Gasteiger partial charge is 0.324 e. The van der Waals surface area contributed by atoms with Crippen LogP contribution in [0.2, 0.25) is 0 Å². The molecule has 2 aliphatic heterocycles. The van der Waals surface area contributed by atoms with Gasteiger partial charge in [0.05, 0.1) is 5.69 Å². The second kappa shape index (κ2) is 5.53. The molecule has 0 unspecified atom stereocenters. The van der Waals surface area contributed by atoms with E-state index < -0.39 is 0 Å². The number of urea groups is 1. The minimum absolute atomic E-state index is 0.116. The van der Waals surface area contributed by atoms with E-state index in [2.05, 4.69) is 37.9 Å². The van der Waals surface area contributed by atoms with Gasteiger partial charge in [0.25, 0.3) is 0 Å². The number of anilines is 1. The van der Waals surface area contributed by atoms with Crippen molar-refractivity contribution in [1.29, 1.82) is 0 Å². The lowest BCUT2D eigenvalue weighted by Gasteiger charge is -2.38. The van der Waals surface area contributed by atoms with Crippen LogP contribution in [0.25, 0.3) is 6.08 Å². The first-order chi connectivity index (χ1) is 10.1. The van der Waals surface area contributed by atoms with Gasteiger partial charge in [-0.05, 0) is 49.1 Å². The van der Waals surface area contributed by atoms with E-state index in [9.17, 15) is 4.79 Å². The summed E-state index contributed by atoms with van der Waals surface area (Å²) in [4.78, 5) is 16.6. The lowest BCUT2D eigenvalue weighted by molar-refractivity contribution is 0.180. The van der Waals surface area contributed by atoms with Gasteiger partial charge in [0.1, 0.15) is 0 Å². The van der Waals surface area contributed by atoms with E-state index in [-0.39, 0.29) is 12.1 Å². The lowest BCUT2D eigenvalue weighted by Crippen LogP contribution is -2.52. The van der Waals surface area contributed by atoms with E-state index in [1.807, 2.05) is 15.9 Å². The molecule has 4 heteroatoms. The first kappa shape index (κ1) is 14.1. The van der Waals surface area contributed by atoms with Gasteiger partial charge in [-0.15, -0.1) is 0 Å². The Kier molecular flexibility index (Phi) is 3.72. The normalized spacial score (nSPS) is 18.3. The summed E-state index contributed by atoms with van der Waals surface area (Å²) < 4.78 is 0. The maximum atomic E-state index is 12.7. The van der Waals surface area contributed by atoms with E-state index in [1.165, 1.54) is 11.1 Å². The average Bonchev–Trinajstić information content (AvgIpc) is 2.93. The number of hydrogen-bond acceptors (Lipinski definition) is 2. The Bertz CT molecular complexity index is 580. The smallest absolute Gasteiger partial charge is 0.322 e. The number of amides is 2. The van der Waals surface area contributed by atoms with E-state index in [1.54, 1.807) is 0 Å². The Morgan fingerprint density at radius 3 is 2.62 bits per heavy atom. The molecule has 3 rings (SSSR count). The quantitative estimate of drug-likeness (QED) is 0.926. The van der Waals surface area contributed by atoms with Crippen LogP contribution in [0.4, 0.5) is 10.5 Å². The summed E-state index contributed by atoms with van der Waals surface area (Å²) in [6.45, 7) is 11.5. The van der Waals surface area contributed by atoms with E-state index in [4.69, 9.17) is 0 Å². The molecule has 112 valence electrons. The highest BCUT2D eigenvalue weighted by molar-refractivity contribution is 5.95. The highest BCUT2D eigenvalue weighted by Crippen LogP contribution is 2.31. The predicted octanol–water partition coefficient (Wildman–Crippen LogP) is 2.97. The maximum absolute atomic E-state index is 12.7. The summed E-state index contributed by atoms with van der Waals surface area (Å²) in [6.07, 6.45) is 2.87. The molecule has 1 fully saturated rings. The Morgan fingerprint density at radius 2 is 1.95 bits per heavy atom. The molecule has 1 aromatic rings. The number of rotatable bonds is 3. The Labute approximate surface area is 126 Å². The summed E-state index contributed by atoms with van der Waals surface area (Å²) in [5, 5.41) is 3.36. The van der Waals surface area contributed by atoms with Crippen LogP contribution in [-0.4, -0.2) is 30.1 Å². The van der Waals surface area contributed by atoms with Gasteiger partial charge in [0.15, 0.2) is 0 Å². The number of carbonyl (C=O) groups is 1. The highest BCUT2D eigenvalue weighted by atomic mass is 16.2. The van der Waals surface area contributed by atoms with Crippen molar-refractivity contribution in [3.8, 4) is 0 Å². The molecule has 2 aliphatic rings. The van der Waals surface area contributed by atoms with Gasteiger partial charge in [-0.25, -0.2) is 4.79 Å². The third kappa shape index (κ3) is 2.44. The number of fused-ring (bicyclic) bond motifs is 1. The molecule has 1 saturated heterocycles. The summed E-state index contributed by atoms with van der Waals surface area (Å²) >= 11 is 0. The van der Waals surface area contributed by atoms with Gasteiger partial charge in [-0.3, -0.25) is 4.90 Å². The standard InChI is InChI=1S/C17H23N3O/c1-4-13-8-14-10-18-11-15(14)9-16(13)20-7-5-6-19(12(2)3)17(20)21/h4,8-9,12,18H,1,5-7,10-11H2,2-3H3. The molecule has 0 spiro atoms. The van der Waals surface area contributed by atoms with Crippen molar-refractivity contribution < 1.29 is 4.79 Å². The number of carbonyl (C=O) groups excluding carboxylic acids is 1. The zero-order valence-corrected chi connectivity index (χ0v) is 12.9. The lowest BCUT2D eigenvalue weighted by atomic mass is 10.0. The molecular formula is C17H23N3O. The van der Waals surface area contributed by atoms with E-state index in [0.29, 0.717) is 0 Å². The molecule has 0 radical (unpaired) electrons. The van der Waals surface area contributed by atoms with Gasteiger partial charge in [-0.2, -0.15) is 0 Å². The summed E-state index contributed by atoms with van der Waals surface area (Å²) in [5.41, 5.74) is 4.67. The van der Waals surface area contributed by atoms with Crippen molar-refractivity contribution in [2.45, 2.75) is 39.4 Å². The molecule has 21 heavy (non-hydrogen) atoms. The van der Waals surface area contributed by atoms with Crippen LogP contribution in [0, 0.1) is 0 Å². The molecule has 0 aromatic heterocycles. The van der Waals surface area contributed by atoms with Crippen LogP contribution >= 0.6 is 0 Å². The van der Waals surface area contributed by atoms with Crippen molar-refractivity contribution in [3.05, 3.63) is 35.4 Å². The molecule has 1 aromatic carbocycles. The van der Waals surface area contributed by atoms with Crippen LogP contribution in [0.5, 0.6) is 0 Å². The second-order valence-corrected chi connectivity index (χ2v) is 6.06. The maximum Gasteiger partial charge on any atom is 0.324 e. The molecular weight excluding hydrogens is 262 g/mol. The molecule has 1 N–H and O–H groups in total.